The van der Waals surface area contributed by atoms with E-state index in [9.17, 15) is 9.59 Å². The van der Waals surface area contributed by atoms with E-state index < -0.39 is 6.04 Å². The van der Waals surface area contributed by atoms with Gasteiger partial charge in [-0.1, -0.05) is 29.8 Å². The number of hydrogen-bond donors (Lipinski definition) is 0. The Kier molecular flexibility index (Phi) is 6.88. The van der Waals surface area contributed by atoms with Crippen molar-refractivity contribution < 1.29 is 14.3 Å². The van der Waals surface area contributed by atoms with Crippen LogP contribution < -0.4 is 0 Å². The average Bonchev–Trinajstić information content (AvgIpc) is 3.03. The smallest absolute Gasteiger partial charge is 0.327 e. The van der Waals surface area contributed by atoms with Crippen molar-refractivity contribution in [3.8, 4) is 0 Å². The summed E-state index contributed by atoms with van der Waals surface area (Å²) in [5.74, 6) is -0.301. The van der Waals surface area contributed by atoms with E-state index in [1.807, 2.05) is 47.9 Å². The van der Waals surface area contributed by atoms with Crippen molar-refractivity contribution in [1.29, 1.82) is 0 Å². The molecule has 1 saturated heterocycles. The van der Waals surface area contributed by atoms with Crippen LogP contribution in [0.15, 0.2) is 30.3 Å². The number of amides is 1. The minimum atomic E-state index is -0.577. The van der Waals surface area contributed by atoms with E-state index in [0.717, 1.165) is 22.5 Å². The van der Waals surface area contributed by atoms with Gasteiger partial charge in [0.2, 0.25) is 0 Å². The first-order valence-electron chi connectivity index (χ1n) is 10.3. The van der Waals surface area contributed by atoms with Crippen LogP contribution in [0.25, 0.3) is 0 Å². The van der Waals surface area contributed by atoms with E-state index in [-0.39, 0.29) is 11.9 Å². The van der Waals surface area contributed by atoms with Gasteiger partial charge in [0.15, 0.2) is 0 Å². The number of esters is 1. The average molecular weight is 432 g/mol. The first-order chi connectivity index (χ1) is 14.3. The van der Waals surface area contributed by atoms with E-state index in [4.69, 9.17) is 16.3 Å². The van der Waals surface area contributed by atoms with Gasteiger partial charge in [0.1, 0.15) is 6.04 Å². The Morgan fingerprint density at radius 2 is 1.70 bits per heavy atom. The number of halogens is 1. The van der Waals surface area contributed by atoms with E-state index in [1.165, 1.54) is 7.11 Å². The molecule has 1 aromatic heterocycles. The molecule has 30 heavy (non-hydrogen) atoms. The number of rotatable bonds is 5. The normalized spacial score (nSPS) is 16.0. The molecule has 3 rings (SSSR count). The minimum absolute atomic E-state index is 0.0435. The molecule has 1 fully saturated rings. The lowest BCUT2D eigenvalue weighted by atomic mass is 10.0. The number of carbonyl (C=O) groups is 2. The number of ether oxygens (including phenoxy) is 1. The second kappa shape index (κ2) is 9.23. The highest BCUT2D eigenvalue weighted by atomic mass is 35.5. The number of hydrogen-bond acceptors (Lipinski definition) is 4. The van der Waals surface area contributed by atoms with Gasteiger partial charge in [-0.25, -0.2) is 4.79 Å². The second-order valence-electron chi connectivity index (χ2n) is 8.02. The van der Waals surface area contributed by atoms with Crippen LogP contribution in [-0.2, 0) is 9.53 Å². The van der Waals surface area contributed by atoms with Crippen LogP contribution in [0, 0.1) is 13.8 Å². The molecule has 2 aromatic rings. The number of aryl methyl sites for hydroxylation is 1. The lowest BCUT2D eigenvalue weighted by Crippen LogP contribution is -2.51. The quantitative estimate of drug-likeness (QED) is 0.671. The van der Waals surface area contributed by atoms with Crippen LogP contribution in [0.5, 0.6) is 0 Å². The van der Waals surface area contributed by atoms with Crippen molar-refractivity contribution in [2.75, 3.05) is 33.3 Å². The fraction of sp³-hybridized carbons (Fsp3) is 0.478. The molecule has 1 unspecified atom stereocenters. The maximum absolute atomic E-state index is 13.2. The molecule has 6 nitrogen and oxygen atoms in total. The third-order valence-corrected chi connectivity index (χ3v) is 6.17. The summed E-state index contributed by atoms with van der Waals surface area (Å²) in [5.41, 5.74) is 3.57. The zero-order valence-corrected chi connectivity index (χ0v) is 19.1. The predicted molar refractivity (Wildman–Crippen MR) is 118 cm³/mol. The number of piperazine rings is 1. The Labute approximate surface area is 183 Å². The predicted octanol–water partition coefficient (Wildman–Crippen LogP) is 4.01. The summed E-state index contributed by atoms with van der Waals surface area (Å²) in [4.78, 5) is 29.6. The van der Waals surface area contributed by atoms with Crippen molar-refractivity contribution in [2.24, 2.45) is 0 Å². The molecule has 1 atom stereocenters. The largest absolute Gasteiger partial charge is 0.468 e. The monoisotopic (exact) mass is 431 g/mol. The molecule has 0 radical (unpaired) electrons. The molecule has 0 bridgehead atoms. The van der Waals surface area contributed by atoms with Crippen molar-refractivity contribution in [3.63, 3.8) is 0 Å². The summed E-state index contributed by atoms with van der Waals surface area (Å²) in [7, 11) is 1.39. The summed E-state index contributed by atoms with van der Waals surface area (Å²) in [6.45, 7) is 10.5. The summed E-state index contributed by atoms with van der Waals surface area (Å²) in [6, 6.07) is 9.03. The lowest BCUT2D eigenvalue weighted by molar-refractivity contribution is -0.148. The zero-order chi connectivity index (χ0) is 22.0. The SMILES string of the molecule is COC(=O)C(c1ccccc1Cl)N1CCN(C(=O)c2cc(C)n(C(C)C)c2C)CC1. The summed E-state index contributed by atoms with van der Waals surface area (Å²) < 4.78 is 7.24. The molecule has 2 heterocycles. The Morgan fingerprint density at radius 3 is 2.23 bits per heavy atom. The number of benzene rings is 1. The number of carbonyl (C=O) groups excluding carboxylic acids is 2. The van der Waals surface area contributed by atoms with Crippen molar-refractivity contribution >= 4 is 23.5 Å². The Hall–Kier alpha value is -2.31. The minimum Gasteiger partial charge on any atom is -0.468 e. The Morgan fingerprint density at radius 1 is 1.07 bits per heavy atom. The van der Waals surface area contributed by atoms with Gasteiger partial charge in [-0.2, -0.15) is 0 Å². The van der Waals surface area contributed by atoms with Gasteiger partial charge in [-0.05, 0) is 45.4 Å². The fourth-order valence-corrected chi connectivity index (χ4v) is 4.66. The highest BCUT2D eigenvalue weighted by Gasteiger charge is 2.34. The molecule has 1 aliphatic heterocycles. The van der Waals surface area contributed by atoms with Crippen LogP contribution >= 0.6 is 11.6 Å². The van der Waals surface area contributed by atoms with Crippen LogP contribution in [-0.4, -0.2) is 59.5 Å². The van der Waals surface area contributed by atoms with Crippen LogP contribution in [0.1, 0.15) is 53.2 Å². The molecular formula is C23H30ClN3O3. The standard InChI is InChI=1S/C23H30ClN3O3/c1-15(2)27-16(3)14-19(17(27)4)22(28)26-12-10-25(11-13-26)21(23(29)30-5)18-8-6-7-9-20(18)24/h6-9,14-15,21H,10-13H2,1-5H3. The summed E-state index contributed by atoms with van der Waals surface area (Å²) in [5, 5.41) is 0.535. The zero-order valence-electron chi connectivity index (χ0n) is 18.3. The maximum Gasteiger partial charge on any atom is 0.327 e. The van der Waals surface area contributed by atoms with Gasteiger partial charge in [0, 0.05) is 48.6 Å². The number of methoxy groups -OCH3 is 1. The van der Waals surface area contributed by atoms with Crippen molar-refractivity contribution in [3.05, 3.63) is 57.9 Å². The van der Waals surface area contributed by atoms with Crippen LogP contribution in [0.2, 0.25) is 5.02 Å². The molecule has 1 amide bonds. The lowest BCUT2D eigenvalue weighted by Gasteiger charge is -2.38. The summed E-state index contributed by atoms with van der Waals surface area (Å²) >= 11 is 6.36. The van der Waals surface area contributed by atoms with Crippen LogP contribution in [0.3, 0.4) is 0 Å². The third-order valence-electron chi connectivity index (χ3n) is 5.82. The Balaban J connectivity index is 1.76. The van der Waals surface area contributed by atoms with Crippen molar-refractivity contribution in [2.45, 2.75) is 39.8 Å². The van der Waals surface area contributed by atoms with E-state index in [1.54, 1.807) is 6.07 Å². The van der Waals surface area contributed by atoms with Gasteiger partial charge in [-0.3, -0.25) is 9.69 Å². The fourth-order valence-electron chi connectivity index (χ4n) is 4.42. The van der Waals surface area contributed by atoms with Gasteiger partial charge in [-0.15, -0.1) is 0 Å². The van der Waals surface area contributed by atoms with Gasteiger partial charge in [0.05, 0.1) is 12.7 Å². The van der Waals surface area contributed by atoms with E-state index in [0.29, 0.717) is 37.2 Å². The number of nitrogens with zero attached hydrogens (tertiary/aromatic N) is 3. The first kappa shape index (κ1) is 22.4. The molecule has 7 heteroatoms. The summed E-state index contributed by atoms with van der Waals surface area (Å²) in [6.07, 6.45) is 0. The maximum atomic E-state index is 13.2. The third kappa shape index (κ3) is 4.25. The van der Waals surface area contributed by atoms with Gasteiger partial charge in [0.25, 0.3) is 5.91 Å². The second-order valence-corrected chi connectivity index (χ2v) is 8.43. The Bertz CT molecular complexity index is 930. The molecule has 1 aromatic carbocycles. The first-order valence-corrected chi connectivity index (χ1v) is 10.7. The molecule has 0 saturated carbocycles. The highest BCUT2D eigenvalue weighted by molar-refractivity contribution is 6.31. The topological polar surface area (TPSA) is 54.8 Å². The number of aromatic nitrogens is 1. The van der Waals surface area contributed by atoms with E-state index in [2.05, 4.69) is 18.4 Å². The molecule has 0 aliphatic carbocycles. The van der Waals surface area contributed by atoms with Gasteiger partial charge < -0.3 is 14.2 Å². The van der Waals surface area contributed by atoms with Gasteiger partial charge >= 0.3 is 5.97 Å². The molecule has 162 valence electrons. The molecule has 0 spiro atoms. The van der Waals surface area contributed by atoms with Crippen molar-refractivity contribution in [1.82, 2.24) is 14.4 Å². The van der Waals surface area contributed by atoms with E-state index >= 15 is 0 Å². The van der Waals surface area contributed by atoms with Crippen LogP contribution in [0.4, 0.5) is 0 Å². The molecular weight excluding hydrogens is 402 g/mol. The molecule has 1 aliphatic rings. The highest BCUT2D eigenvalue weighted by Crippen LogP contribution is 2.30. The molecule has 0 N–H and O–H groups in total.